The Morgan fingerprint density at radius 2 is 0.833 bits per heavy atom. The number of benzene rings is 1. The lowest BCUT2D eigenvalue weighted by molar-refractivity contribution is 1.22. The van der Waals surface area contributed by atoms with Gasteiger partial charge in [0.1, 0.15) is 0 Å². The Hall–Kier alpha value is -0.200. The molecule has 1 aromatic carbocycles. The average molecular weight is 203 g/mol. The molecule has 2 heteroatoms. The van der Waals surface area contributed by atoms with E-state index in [1.165, 1.54) is 11.1 Å². The molecule has 0 saturated heterocycles. The summed E-state index contributed by atoms with van der Waals surface area (Å²) in [4.78, 5) is 0. The van der Waals surface area contributed by atoms with Crippen LogP contribution >= 0.6 is 23.2 Å². The standard InChI is InChI=1S/C10H12Cl2/c1-5-6(2)8(4)10(12)9(11)7(5)3/h1-4H3. The second-order valence-corrected chi connectivity index (χ2v) is 3.88. The maximum atomic E-state index is 6.03. The van der Waals surface area contributed by atoms with E-state index in [0.717, 1.165) is 11.1 Å². The molecule has 0 spiro atoms. The molecule has 0 amide bonds. The van der Waals surface area contributed by atoms with Crippen LogP contribution in [0.4, 0.5) is 0 Å². The Morgan fingerprint density at radius 3 is 1.08 bits per heavy atom. The molecule has 0 atom stereocenters. The predicted molar refractivity (Wildman–Crippen MR) is 55.4 cm³/mol. The highest BCUT2D eigenvalue weighted by atomic mass is 35.5. The maximum Gasteiger partial charge on any atom is 0.0627 e. The number of hydrogen-bond acceptors (Lipinski definition) is 0. The van der Waals surface area contributed by atoms with Gasteiger partial charge in [-0.2, -0.15) is 0 Å². The molecule has 0 fully saturated rings. The monoisotopic (exact) mass is 202 g/mol. The first kappa shape index (κ1) is 9.88. The highest BCUT2D eigenvalue weighted by molar-refractivity contribution is 6.43. The zero-order valence-corrected chi connectivity index (χ0v) is 9.27. The van der Waals surface area contributed by atoms with Gasteiger partial charge in [0.15, 0.2) is 0 Å². The van der Waals surface area contributed by atoms with Crippen LogP contribution in [0.1, 0.15) is 22.3 Å². The van der Waals surface area contributed by atoms with Crippen molar-refractivity contribution in [3.05, 3.63) is 32.3 Å². The number of rotatable bonds is 0. The minimum absolute atomic E-state index is 0.692. The second-order valence-electron chi connectivity index (χ2n) is 3.13. The van der Waals surface area contributed by atoms with Gasteiger partial charge < -0.3 is 0 Å². The van der Waals surface area contributed by atoms with Gasteiger partial charge >= 0.3 is 0 Å². The third kappa shape index (κ3) is 1.34. The van der Waals surface area contributed by atoms with Crippen LogP contribution in [0.2, 0.25) is 10.0 Å². The highest BCUT2D eigenvalue weighted by Gasteiger charge is 2.10. The summed E-state index contributed by atoms with van der Waals surface area (Å²) in [5.74, 6) is 0. The van der Waals surface area contributed by atoms with Crippen LogP contribution in [0, 0.1) is 27.7 Å². The quantitative estimate of drug-likeness (QED) is 0.591. The van der Waals surface area contributed by atoms with Crippen LogP contribution in [0.3, 0.4) is 0 Å². The predicted octanol–water partition coefficient (Wildman–Crippen LogP) is 4.23. The van der Waals surface area contributed by atoms with Gasteiger partial charge in [0.2, 0.25) is 0 Å². The molecule has 0 aromatic heterocycles. The third-order valence-corrected chi connectivity index (χ3v) is 3.58. The van der Waals surface area contributed by atoms with E-state index in [2.05, 4.69) is 13.8 Å². The van der Waals surface area contributed by atoms with Gasteiger partial charge in [-0.25, -0.2) is 0 Å². The van der Waals surface area contributed by atoms with Crippen LogP contribution in [-0.4, -0.2) is 0 Å². The van der Waals surface area contributed by atoms with Crippen LogP contribution in [0.25, 0.3) is 0 Å². The highest BCUT2D eigenvalue weighted by Crippen LogP contribution is 2.33. The Labute approximate surface area is 83.5 Å². The largest absolute Gasteiger partial charge is 0.0824 e. The lowest BCUT2D eigenvalue weighted by Crippen LogP contribution is -1.93. The smallest absolute Gasteiger partial charge is 0.0627 e. The van der Waals surface area contributed by atoms with Gasteiger partial charge in [-0.3, -0.25) is 0 Å². The summed E-state index contributed by atoms with van der Waals surface area (Å²) >= 11 is 12.1. The molecule has 0 aliphatic carbocycles. The first-order chi connectivity index (χ1) is 5.46. The fourth-order valence-corrected chi connectivity index (χ4v) is 1.79. The minimum Gasteiger partial charge on any atom is -0.0824 e. The Morgan fingerprint density at radius 1 is 0.583 bits per heavy atom. The summed E-state index contributed by atoms with van der Waals surface area (Å²) in [6.07, 6.45) is 0. The fraction of sp³-hybridized carbons (Fsp3) is 0.400. The van der Waals surface area contributed by atoms with Gasteiger partial charge in [-0.05, 0) is 49.9 Å². The van der Waals surface area contributed by atoms with Crippen LogP contribution in [-0.2, 0) is 0 Å². The van der Waals surface area contributed by atoms with Crippen LogP contribution in [0.15, 0.2) is 0 Å². The lowest BCUT2D eigenvalue weighted by atomic mass is 10.00. The molecule has 0 heterocycles. The summed E-state index contributed by atoms with van der Waals surface area (Å²) in [5.41, 5.74) is 4.65. The van der Waals surface area contributed by atoms with E-state index in [-0.39, 0.29) is 0 Å². The average Bonchev–Trinajstić information content (AvgIpc) is 2.08. The lowest BCUT2D eigenvalue weighted by Gasteiger charge is -2.12. The molecule has 0 aliphatic rings. The minimum atomic E-state index is 0.692. The summed E-state index contributed by atoms with van der Waals surface area (Å²) in [5, 5.41) is 1.38. The van der Waals surface area contributed by atoms with Gasteiger partial charge in [-0.1, -0.05) is 23.2 Å². The zero-order chi connectivity index (χ0) is 9.46. The molecule has 0 nitrogen and oxygen atoms in total. The molecule has 0 unspecified atom stereocenters. The third-order valence-electron chi connectivity index (χ3n) is 2.54. The fourth-order valence-electron chi connectivity index (χ4n) is 1.22. The van der Waals surface area contributed by atoms with Gasteiger partial charge in [0.25, 0.3) is 0 Å². The van der Waals surface area contributed by atoms with Crippen LogP contribution in [0.5, 0.6) is 0 Å². The Bertz CT molecular complexity index is 222. The van der Waals surface area contributed by atoms with Gasteiger partial charge in [0, 0.05) is 0 Å². The molecule has 0 saturated carbocycles. The zero-order valence-electron chi connectivity index (χ0n) is 7.76. The molecular formula is C10H12Cl2. The van der Waals surface area contributed by atoms with Crippen molar-refractivity contribution in [3.63, 3.8) is 0 Å². The molecule has 66 valence electrons. The molecule has 0 radical (unpaired) electrons. The van der Waals surface area contributed by atoms with Crippen molar-refractivity contribution >= 4 is 23.2 Å². The molecule has 1 rings (SSSR count). The van der Waals surface area contributed by atoms with Crippen molar-refractivity contribution in [2.45, 2.75) is 27.7 Å². The molecule has 1 aromatic rings. The van der Waals surface area contributed by atoms with E-state index in [9.17, 15) is 0 Å². The van der Waals surface area contributed by atoms with E-state index < -0.39 is 0 Å². The van der Waals surface area contributed by atoms with Crippen molar-refractivity contribution in [2.24, 2.45) is 0 Å². The first-order valence-electron chi connectivity index (χ1n) is 3.88. The normalized spacial score (nSPS) is 10.5. The molecule has 0 N–H and O–H groups in total. The Balaban J connectivity index is 3.60. The number of hydrogen-bond donors (Lipinski definition) is 0. The van der Waals surface area contributed by atoms with E-state index in [1.54, 1.807) is 0 Å². The van der Waals surface area contributed by atoms with Crippen molar-refractivity contribution in [1.29, 1.82) is 0 Å². The van der Waals surface area contributed by atoms with Gasteiger partial charge in [-0.15, -0.1) is 0 Å². The van der Waals surface area contributed by atoms with Gasteiger partial charge in [0.05, 0.1) is 10.0 Å². The summed E-state index contributed by atoms with van der Waals surface area (Å²) in [6.45, 7) is 8.13. The van der Waals surface area contributed by atoms with Crippen LogP contribution < -0.4 is 0 Å². The first-order valence-corrected chi connectivity index (χ1v) is 4.63. The molecule has 0 aliphatic heterocycles. The van der Waals surface area contributed by atoms with E-state index in [0.29, 0.717) is 10.0 Å². The SMILES string of the molecule is Cc1c(C)c(C)c(Cl)c(Cl)c1C. The molecule has 12 heavy (non-hydrogen) atoms. The number of halogens is 2. The van der Waals surface area contributed by atoms with E-state index in [4.69, 9.17) is 23.2 Å². The summed E-state index contributed by atoms with van der Waals surface area (Å²) in [7, 11) is 0. The Kier molecular flexibility index (Phi) is 2.70. The van der Waals surface area contributed by atoms with Crippen molar-refractivity contribution in [1.82, 2.24) is 0 Å². The molecular weight excluding hydrogens is 191 g/mol. The van der Waals surface area contributed by atoms with Crippen molar-refractivity contribution < 1.29 is 0 Å². The maximum absolute atomic E-state index is 6.03. The van der Waals surface area contributed by atoms with E-state index in [1.807, 2.05) is 13.8 Å². The second kappa shape index (κ2) is 3.27. The topological polar surface area (TPSA) is 0 Å². The molecule has 0 bridgehead atoms. The van der Waals surface area contributed by atoms with Crippen molar-refractivity contribution in [2.75, 3.05) is 0 Å². The summed E-state index contributed by atoms with van der Waals surface area (Å²) < 4.78 is 0. The van der Waals surface area contributed by atoms with E-state index >= 15 is 0 Å². The van der Waals surface area contributed by atoms with Crippen molar-refractivity contribution in [3.8, 4) is 0 Å². The summed E-state index contributed by atoms with van der Waals surface area (Å²) in [6, 6.07) is 0.